The van der Waals surface area contributed by atoms with E-state index in [2.05, 4.69) is 23.4 Å². The summed E-state index contributed by atoms with van der Waals surface area (Å²) in [6.45, 7) is 2.38. The Balaban J connectivity index is 1.65. The molecule has 2 aliphatic rings. The fourth-order valence-corrected chi connectivity index (χ4v) is 4.44. The van der Waals surface area contributed by atoms with Crippen molar-refractivity contribution in [3.05, 3.63) is 41.8 Å². The van der Waals surface area contributed by atoms with Gasteiger partial charge in [-0.15, -0.1) is 0 Å². The van der Waals surface area contributed by atoms with Crippen molar-refractivity contribution >= 4 is 23.5 Å². The molecule has 2 aromatic rings. The summed E-state index contributed by atoms with van der Waals surface area (Å²) in [6.07, 6.45) is 3.48. The van der Waals surface area contributed by atoms with E-state index in [4.69, 9.17) is 5.73 Å². The van der Waals surface area contributed by atoms with Gasteiger partial charge in [-0.1, -0.05) is 6.92 Å². The van der Waals surface area contributed by atoms with E-state index in [-0.39, 0.29) is 23.3 Å². The third kappa shape index (κ3) is 4.23. The number of halogens is 1. The van der Waals surface area contributed by atoms with Gasteiger partial charge in [-0.3, -0.25) is 9.48 Å². The van der Waals surface area contributed by atoms with Crippen molar-refractivity contribution in [3.8, 4) is 6.07 Å². The van der Waals surface area contributed by atoms with Crippen molar-refractivity contribution in [2.45, 2.75) is 44.7 Å². The molecule has 1 saturated heterocycles. The van der Waals surface area contributed by atoms with Gasteiger partial charge >= 0.3 is 6.09 Å². The Hall–Kier alpha value is -3.61. The molecule has 1 aliphatic heterocycles. The zero-order valence-electron chi connectivity index (χ0n) is 17.7. The quantitative estimate of drug-likeness (QED) is 0.629. The molecule has 1 saturated carbocycles. The van der Waals surface area contributed by atoms with Gasteiger partial charge in [-0.25, -0.2) is 9.18 Å². The number of rotatable bonds is 6. The summed E-state index contributed by atoms with van der Waals surface area (Å²) in [6, 6.07) is 7.01. The third-order valence-corrected chi connectivity index (χ3v) is 6.54. The van der Waals surface area contributed by atoms with E-state index in [0.717, 1.165) is 12.8 Å². The van der Waals surface area contributed by atoms with E-state index in [0.29, 0.717) is 18.5 Å². The van der Waals surface area contributed by atoms with Crippen LogP contribution in [0.15, 0.2) is 30.5 Å². The van der Waals surface area contributed by atoms with E-state index < -0.39 is 35.8 Å². The Kier molecular flexibility index (Phi) is 5.50. The van der Waals surface area contributed by atoms with E-state index in [1.807, 2.05) is 0 Å². The lowest BCUT2D eigenvalue weighted by molar-refractivity contribution is 0.0547. The number of carboxylic acid groups (broad SMARTS) is 1. The summed E-state index contributed by atoms with van der Waals surface area (Å²) in [4.78, 5) is 25.2. The molecule has 0 bridgehead atoms. The number of piperidine rings is 1. The molecule has 3 atom stereocenters. The largest absolute Gasteiger partial charge is 0.465 e. The molecule has 1 aromatic carbocycles. The van der Waals surface area contributed by atoms with Crippen LogP contribution < -0.4 is 11.1 Å². The number of nitrogens with zero attached hydrogens (tertiary/aromatic N) is 4. The molecule has 32 heavy (non-hydrogen) atoms. The van der Waals surface area contributed by atoms with Crippen LogP contribution in [0.3, 0.4) is 0 Å². The van der Waals surface area contributed by atoms with Crippen LogP contribution in [0.25, 0.3) is 0 Å². The maximum atomic E-state index is 13.2. The van der Waals surface area contributed by atoms with Gasteiger partial charge in [-0.2, -0.15) is 10.4 Å². The first-order valence-corrected chi connectivity index (χ1v) is 10.5. The molecule has 4 N–H and O–H groups in total. The molecule has 0 spiro atoms. The molecular formula is C22H25FN6O3. The van der Waals surface area contributed by atoms with E-state index in [1.165, 1.54) is 35.4 Å². The van der Waals surface area contributed by atoms with Crippen LogP contribution in [0, 0.1) is 28.5 Å². The van der Waals surface area contributed by atoms with Crippen molar-refractivity contribution in [3.63, 3.8) is 0 Å². The van der Waals surface area contributed by atoms with Crippen LogP contribution >= 0.6 is 0 Å². The number of carbonyl (C=O) groups is 2. The third-order valence-electron chi connectivity index (χ3n) is 6.54. The van der Waals surface area contributed by atoms with Crippen LogP contribution in [0.2, 0.25) is 0 Å². The fraction of sp³-hybridized carbons (Fsp3) is 0.455. The highest BCUT2D eigenvalue weighted by atomic mass is 19.1. The van der Waals surface area contributed by atoms with Gasteiger partial charge in [0.2, 0.25) is 0 Å². The molecule has 9 nitrogen and oxygen atoms in total. The number of hydrogen-bond acceptors (Lipinski definition) is 5. The Morgan fingerprint density at radius 2 is 2.06 bits per heavy atom. The van der Waals surface area contributed by atoms with E-state index in [9.17, 15) is 24.3 Å². The van der Waals surface area contributed by atoms with Gasteiger partial charge in [0.1, 0.15) is 11.4 Å². The van der Waals surface area contributed by atoms with Gasteiger partial charge in [0.05, 0.1) is 24.1 Å². The van der Waals surface area contributed by atoms with Crippen molar-refractivity contribution in [1.82, 2.24) is 14.7 Å². The highest BCUT2D eigenvalue weighted by molar-refractivity contribution is 5.98. The molecule has 2 fully saturated rings. The van der Waals surface area contributed by atoms with Crippen LogP contribution in [0.1, 0.15) is 49.0 Å². The smallest absolute Gasteiger partial charge is 0.407 e. The van der Waals surface area contributed by atoms with Gasteiger partial charge < -0.3 is 21.1 Å². The summed E-state index contributed by atoms with van der Waals surface area (Å²) in [5, 5.41) is 27.2. The second-order valence-electron chi connectivity index (χ2n) is 8.94. The van der Waals surface area contributed by atoms with Crippen LogP contribution in [-0.4, -0.2) is 44.4 Å². The van der Waals surface area contributed by atoms with E-state index in [1.54, 1.807) is 4.68 Å². The van der Waals surface area contributed by atoms with Gasteiger partial charge in [0.25, 0.3) is 5.91 Å². The number of anilines is 2. The minimum Gasteiger partial charge on any atom is -0.465 e. The summed E-state index contributed by atoms with van der Waals surface area (Å²) >= 11 is 0. The number of nitriles is 1. The molecule has 10 heteroatoms. The molecule has 1 aliphatic carbocycles. The maximum absolute atomic E-state index is 13.2. The van der Waals surface area contributed by atoms with Crippen molar-refractivity contribution in [2.24, 2.45) is 17.1 Å². The topological polar surface area (TPSA) is 137 Å². The minimum absolute atomic E-state index is 0.0488. The van der Waals surface area contributed by atoms with Crippen LogP contribution in [0.4, 0.5) is 20.7 Å². The lowest BCUT2D eigenvalue weighted by atomic mass is 9.80. The molecular weight excluding hydrogens is 415 g/mol. The minimum atomic E-state index is -1.03. The number of hydrogen-bond donors (Lipinski definition) is 3. The first kappa shape index (κ1) is 21.6. The Bertz CT molecular complexity index is 1070. The van der Waals surface area contributed by atoms with Gasteiger partial charge in [-0.05, 0) is 55.4 Å². The highest BCUT2D eigenvalue weighted by Gasteiger charge is 2.48. The van der Waals surface area contributed by atoms with Crippen molar-refractivity contribution in [2.75, 3.05) is 11.9 Å². The molecule has 3 unspecified atom stereocenters. The average molecular weight is 440 g/mol. The molecule has 2 heterocycles. The average Bonchev–Trinajstić information content (AvgIpc) is 3.32. The van der Waals surface area contributed by atoms with Crippen LogP contribution in [-0.2, 0) is 0 Å². The molecule has 0 radical (unpaired) electrons. The normalized spacial score (nSPS) is 23.9. The molecule has 4 rings (SSSR count). The van der Waals surface area contributed by atoms with Gasteiger partial charge in [0.15, 0.2) is 5.82 Å². The zero-order chi connectivity index (χ0) is 23.0. The molecule has 1 aromatic heterocycles. The lowest BCUT2D eigenvalue weighted by Crippen LogP contribution is -2.52. The predicted octanol–water partition coefficient (Wildman–Crippen LogP) is 3.49. The second kappa shape index (κ2) is 8.15. The molecule has 168 valence electrons. The SMILES string of the molecule is CC1(CC2C(C#N)C(n3cc(C(N)=O)c(Nc4ccc(F)cc4)n3)CCN2C(=O)O)CC1. The number of amides is 2. The first-order valence-electron chi connectivity index (χ1n) is 10.5. The summed E-state index contributed by atoms with van der Waals surface area (Å²) in [7, 11) is 0. The Morgan fingerprint density at radius 1 is 1.38 bits per heavy atom. The predicted molar refractivity (Wildman–Crippen MR) is 114 cm³/mol. The maximum Gasteiger partial charge on any atom is 0.407 e. The Morgan fingerprint density at radius 3 is 2.62 bits per heavy atom. The standard InChI is InChI=1S/C22H25FN6O3/c1-22(7-8-22)10-18-15(11-24)17(6-9-28(18)21(31)32)29-12-16(19(25)30)20(27-29)26-14-4-2-13(23)3-5-14/h2-5,12,15,17-18H,6-10H2,1H3,(H2,25,30)(H,26,27)(H,31,32). The van der Waals surface area contributed by atoms with Crippen molar-refractivity contribution in [1.29, 1.82) is 5.26 Å². The number of benzene rings is 1. The number of primary amides is 1. The van der Waals surface area contributed by atoms with Crippen LogP contribution in [0.5, 0.6) is 0 Å². The van der Waals surface area contributed by atoms with E-state index >= 15 is 0 Å². The number of nitrogens with two attached hydrogens (primary N) is 1. The first-order chi connectivity index (χ1) is 15.2. The monoisotopic (exact) mass is 440 g/mol. The number of likely N-dealkylation sites (tertiary alicyclic amines) is 1. The number of aromatic nitrogens is 2. The van der Waals surface area contributed by atoms with Gasteiger partial charge in [0, 0.05) is 18.4 Å². The lowest BCUT2D eigenvalue weighted by Gasteiger charge is -2.42. The Labute approximate surface area is 184 Å². The number of carbonyl (C=O) groups excluding carboxylic acids is 1. The highest BCUT2D eigenvalue weighted by Crippen LogP contribution is 2.52. The molecule has 2 amide bonds. The second-order valence-corrected chi connectivity index (χ2v) is 8.94. The summed E-state index contributed by atoms with van der Waals surface area (Å²) < 4.78 is 14.8. The zero-order valence-corrected chi connectivity index (χ0v) is 17.7. The summed E-state index contributed by atoms with van der Waals surface area (Å²) in [5.41, 5.74) is 6.25. The van der Waals surface area contributed by atoms with Crippen molar-refractivity contribution < 1.29 is 19.1 Å². The fourth-order valence-electron chi connectivity index (χ4n) is 4.44. The summed E-state index contributed by atoms with van der Waals surface area (Å²) in [5.74, 6) is -1.52. The number of nitrogens with one attached hydrogen (secondary N) is 1.